The molecule has 0 spiro atoms. The van der Waals surface area contributed by atoms with Crippen LogP contribution in [0, 0.1) is 17.2 Å². The van der Waals surface area contributed by atoms with Gasteiger partial charge in [-0.15, -0.1) is 11.3 Å². The molecule has 0 saturated heterocycles. The number of benzene rings is 1. The maximum absolute atomic E-state index is 12.3. The molecule has 1 aliphatic heterocycles. The van der Waals surface area contributed by atoms with Crippen molar-refractivity contribution in [2.75, 3.05) is 25.1 Å². The third-order valence-electron chi connectivity index (χ3n) is 4.32. The molecule has 0 bridgehead atoms. The van der Waals surface area contributed by atoms with E-state index in [9.17, 15) is 4.79 Å². The lowest BCUT2D eigenvalue weighted by molar-refractivity contribution is -0.115. The van der Waals surface area contributed by atoms with Gasteiger partial charge in [0.05, 0.1) is 25.3 Å². The molecule has 27 heavy (non-hydrogen) atoms. The summed E-state index contributed by atoms with van der Waals surface area (Å²) in [5.74, 6) is 1.62. The summed E-state index contributed by atoms with van der Waals surface area (Å²) in [4.78, 5) is 12.3. The minimum absolute atomic E-state index is 0.00771. The number of thiophene rings is 1. The Hall–Kier alpha value is -2.56. The molecule has 1 atom stereocenters. The highest BCUT2D eigenvalue weighted by atomic mass is 32.1. The topological polar surface area (TPSA) is 83.4 Å². The molecule has 0 radical (unpaired) electrons. The van der Waals surface area contributed by atoms with E-state index in [0.29, 0.717) is 23.8 Å². The Morgan fingerprint density at radius 2 is 2.04 bits per heavy atom. The number of hydrogen-bond acceptors (Lipinski definition) is 6. The molecular formula is C20H23N3O3S. The first-order valence-electron chi connectivity index (χ1n) is 8.99. The summed E-state index contributed by atoms with van der Waals surface area (Å²) in [7, 11) is 0. The molecule has 1 aromatic carbocycles. The molecule has 2 aromatic rings. The zero-order chi connectivity index (χ0) is 19.2. The van der Waals surface area contributed by atoms with Crippen LogP contribution in [0.4, 0.5) is 5.00 Å². The van der Waals surface area contributed by atoms with Gasteiger partial charge in [-0.05, 0) is 35.1 Å². The maximum Gasteiger partial charge on any atom is 0.238 e. The largest absolute Gasteiger partial charge is 0.490 e. The molecule has 3 rings (SSSR count). The molecule has 0 fully saturated rings. The van der Waals surface area contributed by atoms with Gasteiger partial charge in [0, 0.05) is 12.5 Å². The van der Waals surface area contributed by atoms with Crippen molar-refractivity contribution < 1.29 is 14.3 Å². The molecule has 0 aliphatic carbocycles. The summed E-state index contributed by atoms with van der Waals surface area (Å²) >= 11 is 1.34. The van der Waals surface area contributed by atoms with Gasteiger partial charge >= 0.3 is 0 Å². The third kappa shape index (κ3) is 4.79. The fourth-order valence-electron chi connectivity index (χ4n) is 2.98. The third-order valence-corrected chi connectivity index (χ3v) is 5.15. The lowest BCUT2D eigenvalue weighted by Gasteiger charge is -2.23. The van der Waals surface area contributed by atoms with Crippen LogP contribution in [-0.2, 0) is 4.79 Å². The summed E-state index contributed by atoms with van der Waals surface area (Å²) in [6, 6.07) is 9.69. The number of hydrogen-bond donors (Lipinski definition) is 2. The first-order valence-corrected chi connectivity index (χ1v) is 9.87. The predicted molar refractivity (Wildman–Crippen MR) is 105 cm³/mol. The predicted octanol–water partition coefficient (Wildman–Crippen LogP) is 3.71. The maximum atomic E-state index is 12.3. The van der Waals surface area contributed by atoms with Crippen LogP contribution >= 0.6 is 11.3 Å². The molecule has 1 aliphatic rings. The van der Waals surface area contributed by atoms with E-state index in [4.69, 9.17) is 14.7 Å². The molecule has 6 nitrogen and oxygen atoms in total. The van der Waals surface area contributed by atoms with E-state index < -0.39 is 0 Å². The van der Waals surface area contributed by atoms with Gasteiger partial charge in [0.1, 0.15) is 11.1 Å². The highest BCUT2D eigenvalue weighted by molar-refractivity contribution is 7.14. The summed E-state index contributed by atoms with van der Waals surface area (Å²) in [6.45, 7) is 5.66. The van der Waals surface area contributed by atoms with E-state index in [1.54, 1.807) is 11.4 Å². The molecule has 2 heterocycles. The van der Waals surface area contributed by atoms with Gasteiger partial charge in [-0.3, -0.25) is 4.79 Å². The van der Waals surface area contributed by atoms with Crippen molar-refractivity contribution in [3.8, 4) is 17.6 Å². The smallest absolute Gasteiger partial charge is 0.238 e. The summed E-state index contributed by atoms with van der Waals surface area (Å²) < 4.78 is 11.5. The molecule has 7 heteroatoms. The van der Waals surface area contributed by atoms with E-state index >= 15 is 0 Å². The minimum Gasteiger partial charge on any atom is -0.490 e. The Bertz CT molecular complexity index is 841. The van der Waals surface area contributed by atoms with Gasteiger partial charge in [-0.1, -0.05) is 19.9 Å². The molecule has 1 aromatic heterocycles. The number of nitriles is 1. The highest BCUT2D eigenvalue weighted by Gasteiger charge is 2.20. The van der Waals surface area contributed by atoms with Crippen LogP contribution in [0.25, 0.3) is 0 Å². The van der Waals surface area contributed by atoms with Crippen LogP contribution in [0.2, 0.25) is 0 Å². The molecule has 142 valence electrons. The highest BCUT2D eigenvalue weighted by Crippen LogP contribution is 2.34. The van der Waals surface area contributed by atoms with Gasteiger partial charge in [0.2, 0.25) is 5.91 Å². The number of anilines is 1. The van der Waals surface area contributed by atoms with Crippen LogP contribution in [-0.4, -0.2) is 25.7 Å². The Kier molecular flexibility index (Phi) is 6.32. The van der Waals surface area contributed by atoms with Gasteiger partial charge in [-0.2, -0.15) is 5.26 Å². The van der Waals surface area contributed by atoms with Crippen molar-refractivity contribution in [3.05, 3.63) is 40.8 Å². The minimum atomic E-state index is -0.172. The van der Waals surface area contributed by atoms with Crippen molar-refractivity contribution in [1.82, 2.24) is 5.32 Å². The summed E-state index contributed by atoms with van der Waals surface area (Å²) in [6.07, 6.45) is 0.865. The number of carbonyl (C=O) groups excluding carboxylic acids is 1. The SMILES string of the molecule is CC(C)C(NCC(=O)Nc1sccc1C#N)c1ccc2c(c1)OCCCO2. The fraction of sp³-hybridized carbons (Fsp3) is 0.400. The van der Waals surface area contributed by atoms with E-state index in [2.05, 4.69) is 30.6 Å². The molecule has 1 amide bonds. The van der Waals surface area contributed by atoms with Gasteiger partial charge in [0.15, 0.2) is 11.5 Å². The standard InChI is InChI=1S/C20H23N3O3S/c1-13(2)19(14-4-5-16-17(10-14)26-8-3-7-25-16)22-12-18(24)23-20-15(11-21)6-9-27-20/h4-6,9-10,13,19,22H,3,7-8,12H2,1-2H3,(H,23,24). The van der Waals surface area contributed by atoms with E-state index in [1.807, 2.05) is 18.2 Å². The average Bonchev–Trinajstić information content (AvgIpc) is 2.96. The van der Waals surface area contributed by atoms with Crippen molar-refractivity contribution >= 4 is 22.2 Å². The molecular weight excluding hydrogens is 362 g/mol. The zero-order valence-electron chi connectivity index (χ0n) is 15.5. The molecule has 2 N–H and O–H groups in total. The Morgan fingerprint density at radius 3 is 2.78 bits per heavy atom. The second kappa shape index (κ2) is 8.89. The average molecular weight is 385 g/mol. The van der Waals surface area contributed by atoms with Gasteiger partial charge in [-0.25, -0.2) is 0 Å². The lowest BCUT2D eigenvalue weighted by Crippen LogP contribution is -2.33. The Labute approximate surface area is 163 Å². The molecule has 0 saturated carbocycles. The van der Waals surface area contributed by atoms with Gasteiger partial charge < -0.3 is 20.1 Å². The van der Waals surface area contributed by atoms with Crippen LogP contribution in [0.15, 0.2) is 29.6 Å². The number of nitrogens with zero attached hydrogens (tertiary/aromatic N) is 1. The normalized spacial score (nSPS) is 14.3. The van der Waals surface area contributed by atoms with Crippen molar-refractivity contribution in [1.29, 1.82) is 5.26 Å². The second-order valence-corrected chi connectivity index (χ2v) is 7.60. The molecule has 1 unspecified atom stereocenters. The number of ether oxygens (including phenoxy) is 2. The van der Waals surface area contributed by atoms with Crippen LogP contribution in [0.3, 0.4) is 0 Å². The van der Waals surface area contributed by atoms with Gasteiger partial charge in [0.25, 0.3) is 0 Å². The Morgan fingerprint density at radius 1 is 1.26 bits per heavy atom. The van der Waals surface area contributed by atoms with Crippen molar-refractivity contribution in [3.63, 3.8) is 0 Å². The first kappa shape index (κ1) is 19.2. The first-order chi connectivity index (χ1) is 13.1. The fourth-order valence-corrected chi connectivity index (χ4v) is 3.73. The van der Waals surface area contributed by atoms with E-state index in [1.165, 1.54) is 11.3 Å². The lowest BCUT2D eigenvalue weighted by atomic mass is 9.95. The zero-order valence-corrected chi connectivity index (χ0v) is 16.3. The summed E-state index contributed by atoms with van der Waals surface area (Å²) in [5.41, 5.74) is 1.53. The monoisotopic (exact) mass is 385 g/mol. The van der Waals surface area contributed by atoms with Crippen LogP contribution in [0.1, 0.15) is 37.4 Å². The van der Waals surface area contributed by atoms with E-state index in [0.717, 1.165) is 23.5 Å². The van der Waals surface area contributed by atoms with Crippen molar-refractivity contribution in [2.45, 2.75) is 26.3 Å². The second-order valence-electron chi connectivity index (χ2n) is 6.68. The number of carbonyl (C=O) groups is 1. The Balaban J connectivity index is 1.67. The van der Waals surface area contributed by atoms with Crippen LogP contribution < -0.4 is 20.1 Å². The number of rotatable bonds is 6. The number of fused-ring (bicyclic) bond motifs is 1. The van der Waals surface area contributed by atoms with Crippen molar-refractivity contribution in [2.24, 2.45) is 5.92 Å². The van der Waals surface area contributed by atoms with Crippen LogP contribution in [0.5, 0.6) is 11.5 Å². The summed E-state index contributed by atoms with van der Waals surface area (Å²) in [5, 5.41) is 17.5. The number of amides is 1. The number of nitrogens with one attached hydrogen (secondary N) is 2. The quantitative estimate of drug-likeness (QED) is 0.792. The van der Waals surface area contributed by atoms with E-state index in [-0.39, 0.29) is 24.4 Å².